The Morgan fingerprint density at radius 1 is 1.59 bits per heavy atom. The summed E-state index contributed by atoms with van der Waals surface area (Å²) in [7, 11) is 0. The van der Waals surface area contributed by atoms with Crippen molar-refractivity contribution in [2.45, 2.75) is 19.8 Å². The van der Waals surface area contributed by atoms with Crippen molar-refractivity contribution in [2.24, 2.45) is 11.8 Å². The molecule has 2 rings (SSSR count). The SMILES string of the molecule is CC(CNC(=O)c1ccc(F)cc1Br)C1CC1. The lowest BCUT2D eigenvalue weighted by molar-refractivity contribution is 0.0946. The van der Waals surface area contributed by atoms with Gasteiger partial charge in [0.15, 0.2) is 0 Å². The van der Waals surface area contributed by atoms with Crippen LogP contribution in [-0.2, 0) is 0 Å². The van der Waals surface area contributed by atoms with Crippen LogP contribution >= 0.6 is 15.9 Å². The summed E-state index contributed by atoms with van der Waals surface area (Å²) in [6.45, 7) is 2.84. The number of benzene rings is 1. The number of hydrogen-bond donors (Lipinski definition) is 1. The number of carbonyl (C=O) groups excluding carboxylic acids is 1. The van der Waals surface area contributed by atoms with Crippen molar-refractivity contribution in [1.82, 2.24) is 5.32 Å². The third kappa shape index (κ3) is 3.28. The molecule has 2 nitrogen and oxygen atoms in total. The van der Waals surface area contributed by atoms with E-state index in [-0.39, 0.29) is 11.7 Å². The van der Waals surface area contributed by atoms with Crippen molar-refractivity contribution in [3.8, 4) is 0 Å². The second-order valence-corrected chi connectivity index (χ2v) is 5.50. The quantitative estimate of drug-likeness (QED) is 0.907. The molecule has 17 heavy (non-hydrogen) atoms. The Hall–Kier alpha value is -0.900. The van der Waals surface area contributed by atoms with Crippen LogP contribution < -0.4 is 5.32 Å². The highest BCUT2D eigenvalue weighted by Crippen LogP contribution is 2.36. The molecule has 1 aromatic rings. The zero-order valence-corrected chi connectivity index (χ0v) is 11.3. The van der Waals surface area contributed by atoms with Gasteiger partial charge in [-0.15, -0.1) is 0 Å². The van der Waals surface area contributed by atoms with Crippen molar-refractivity contribution in [3.05, 3.63) is 34.1 Å². The molecule has 0 heterocycles. The molecule has 1 amide bonds. The maximum atomic E-state index is 12.9. The lowest BCUT2D eigenvalue weighted by Gasteiger charge is -2.12. The molecule has 1 aliphatic rings. The van der Waals surface area contributed by atoms with Crippen LogP contribution in [0.1, 0.15) is 30.1 Å². The molecule has 0 radical (unpaired) electrons. The minimum atomic E-state index is -0.347. The highest BCUT2D eigenvalue weighted by atomic mass is 79.9. The Bertz CT molecular complexity index is 431. The van der Waals surface area contributed by atoms with E-state index in [9.17, 15) is 9.18 Å². The molecule has 1 saturated carbocycles. The van der Waals surface area contributed by atoms with E-state index in [4.69, 9.17) is 0 Å². The normalized spacial score (nSPS) is 16.6. The van der Waals surface area contributed by atoms with Gasteiger partial charge in [0.25, 0.3) is 5.91 Å². The van der Waals surface area contributed by atoms with Gasteiger partial charge in [-0.05, 0) is 58.8 Å². The smallest absolute Gasteiger partial charge is 0.252 e. The van der Waals surface area contributed by atoms with Crippen LogP contribution in [0.4, 0.5) is 4.39 Å². The zero-order chi connectivity index (χ0) is 12.4. The predicted octanol–water partition coefficient (Wildman–Crippen LogP) is 3.36. The number of amides is 1. The van der Waals surface area contributed by atoms with Gasteiger partial charge in [-0.1, -0.05) is 6.92 Å². The van der Waals surface area contributed by atoms with Crippen LogP contribution in [0.15, 0.2) is 22.7 Å². The summed E-state index contributed by atoms with van der Waals surface area (Å²) in [6, 6.07) is 4.10. The number of rotatable bonds is 4. The average molecular weight is 300 g/mol. The molecule has 1 atom stereocenters. The van der Waals surface area contributed by atoms with Crippen LogP contribution in [0.3, 0.4) is 0 Å². The lowest BCUT2D eigenvalue weighted by Crippen LogP contribution is -2.29. The number of carbonyl (C=O) groups is 1. The van der Waals surface area contributed by atoms with Crippen molar-refractivity contribution in [1.29, 1.82) is 0 Å². The molecule has 1 aliphatic carbocycles. The highest BCUT2D eigenvalue weighted by molar-refractivity contribution is 9.10. The van der Waals surface area contributed by atoms with E-state index in [0.717, 1.165) is 5.92 Å². The van der Waals surface area contributed by atoms with Gasteiger partial charge in [-0.25, -0.2) is 4.39 Å². The fourth-order valence-corrected chi connectivity index (χ4v) is 2.39. The second kappa shape index (κ2) is 5.17. The van der Waals surface area contributed by atoms with Crippen LogP contribution in [-0.4, -0.2) is 12.5 Å². The monoisotopic (exact) mass is 299 g/mol. The first-order chi connectivity index (χ1) is 8.08. The van der Waals surface area contributed by atoms with Crippen molar-refractivity contribution >= 4 is 21.8 Å². The van der Waals surface area contributed by atoms with Gasteiger partial charge < -0.3 is 5.32 Å². The van der Waals surface area contributed by atoms with E-state index in [2.05, 4.69) is 28.2 Å². The molecule has 1 N–H and O–H groups in total. The molecule has 0 aliphatic heterocycles. The first-order valence-corrected chi connectivity index (χ1v) is 6.60. The summed E-state index contributed by atoms with van der Waals surface area (Å²) < 4.78 is 13.4. The maximum Gasteiger partial charge on any atom is 0.252 e. The largest absolute Gasteiger partial charge is 0.352 e. The zero-order valence-electron chi connectivity index (χ0n) is 9.67. The fraction of sp³-hybridized carbons (Fsp3) is 0.462. The summed E-state index contributed by atoms with van der Waals surface area (Å²) in [5.41, 5.74) is 0.481. The molecular formula is C13H15BrFNO. The molecule has 0 spiro atoms. The second-order valence-electron chi connectivity index (χ2n) is 4.65. The van der Waals surface area contributed by atoms with Gasteiger partial charge in [0.1, 0.15) is 5.82 Å². The topological polar surface area (TPSA) is 29.1 Å². The van der Waals surface area contributed by atoms with Gasteiger partial charge >= 0.3 is 0 Å². The minimum absolute atomic E-state index is 0.149. The minimum Gasteiger partial charge on any atom is -0.352 e. The molecular weight excluding hydrogens is 285 g/mol. The summed E-state index contributed by atoms with van der Waals surface area (Å²) in [5.74, 6) is 0.800. The predicted molar refractivity (Wildman–Crippen MR) is 68.3 cm³/mol. The Morgan fingerprint density at radius 2 is 2.29 bits per heavy atom. The Morgan fingerprint density at radius 3 is 2.88 bits per heavy atom. The molecule has 0 aromatic heterocycles. The molecule has 4 heteroatoms. The van der Waals surface area contributed by atoms with Crippen LogP contribution in [0.25, 0.3) is 0 Å². The summed E-state index contributed by atoms with van der Waals surface area (Å²) >= 11 is 3.20. The third-order valence-electron chi connectivity index (χ3n) is 3.19. The van der Waals surface area contributed by atoms with Crippen LogP contribution in [0.2, 0.25) is 0 Å². The summed E-state index contributed by atoms with van der Waals surface area (Å²) in [4.78, 5) is 11.9. The maximum absolute atomic E-state index is 12.9. The van der Waals surface area contributed by atoms with Crippen molar-refractivity contribution in [3.63, 3.8) is 0 Å². The van der Waals surface area contributed by atoms with Crippen molar-refractivity contribution < 1.29 is 9.18 Å². The molecule has 1 aromatic carbocycles. The molecule has 1 fully saturated rings. The van der Waals surface area contributed by atoms with E-state index >= 15 is 0 Å². The molecule has 1 unspecified atom stereocenters. The summed E-state index contributed by atoms with van der Waals surface area (Å²) in [6.07, 6.45) is 2.55. The first-order valence-electron chi connectivity index (χ1n) is 5.81. The van der Waals surface area contributed by atoms with E-state index in [0.29, 0.717) is 22.5 Å². The fourth-order valence-electron chi connectivity index (χ4n) is 1.85. The Labute approximate surface area is 109 Å². The van der Waals surface area contributed by atoms with E-state index in [1.165, 1.54) is 31.0 Å². The van der Waals surface area contributed by atoms with E-state index in [1.807, 2.05) is 0 Å². The van der Waals surface area contributed by atoms with Crippen LogP contribution in [0, 0.1) is 17.7 Å². The molecule has 0 bridgehead atoms. The van der Waals surface area contributed by atoms with Gasteiger partial charge in [0.05, 0.1) is 5.56 Å². The third-order valence-corrected chi connectivity index (χ3v) is 3.84. The van der Waals surface area contributed by atoms with Crippen LogP contribution in [0.5, 0.6) is 0 Å². The van der Waals surface area contributed by atoms with E-state index < -0.39 is 0 Å². The Balaban J connectivity index is 1.94. The Kier molecular flexibility index (Phi) is 3.82. The number of hydrogen-bond acceptors (Lipinski definition) is 1. The standard InChI is InChI=1S/C13H15BrFNO/c1-8(9-2-3-9)7-16-13(17)11-5-4-10(15)6-12(11)14/h4-6,8-9H,2-3,7H2,1H3,(H,16,17). The number of nitrogens with one attached hydrogen (secondary N) is 1. The first kappa shape index (κ1) is 12.6. The highest BCUT2D eigenvalue weighted by Gasteiger charge is 2.28. The molecule has 92 valence electrons. The lowest BCUT2D eigenvalue weighted by atomic mass is 10.1. The average Bonchev–Trinajstić information content (AvgIpc) is 3.09. The van der Waals surface area contributed by atoms with Gasteiger partial charge in [0, 0.05) is 11.0 Å². The van der Waals surface area contributed by atoms with Crippen molar-refractivity contribution in [2.75, 3.05) is 6.54 Å². The van der Waals surface area contributed by atoms with Gasteiger partial charge in [-0.2, -0.15) is 0 Å². The van der Waals surface area contributed by atoms with Gasteiger partial charge in [-0.3, -0.25) is 4.79 Å². The molecule has 0 saturated heterocycles. The van der Waals surface area contributed by atoms with E-state index in [1.54, 1.807) is 0 Å². The summed E-state index contributed by atoms with van der Waals surface area (Å²) in [5, 5.41) is 2.89. The van der Waals surface area contributed by atoms with Gasteiger partial charge in [0.2, 0.25) is 0 Å². The number of halogens is 2.